The van der Waals surface area contributed by atoms with Crippen molar-refractivity contribution in [1.82, 2.24) is 15.2 Å². The van der Waals surface area contributed by atoms with Crippen LogP contribution in [0.3, 0.4) is 0 Å². The van der Waals surface area contributed by atoms with Crippen LogP contribution < -0.4 is 15.8 Å². The first-order valence-electron chi connectivity index (χ1n) is 7.24. The van der Waals surface area contributed by atoms with Crippen LogP contribution in [0.1, 0.15) is 37.0 Å². The maximum Gasteiger partial charge on any atom is 0.256 e. The Labute approximate surface area is 120 Å². The predicted molar refractivity (Wildman–Crippen MR) is 81.8 cm³/mol. The number of hydrogen-bond donors (Lipinski definition) is 1. The van der Waals surface area contributed by atoms with Gasteiger partial charge < -0.3 is 10.2 Å². The third-order valence-electron chi connectivity index (χ3n) is 3.97. The van der Waals surface area contributed by atoms with Gasteiger partial charge in [0.2, 0.25) is 0 Å². The van der Waals surface area contributed by atoms with Crippen molar-refractivity contribution >= 4 is 18.1 Å². The highest BCUT2D eigenvalue weighted by molar-refractivity contribution is 5.94. The van der Waals surface area contributed by atoms with Gasteiger partial charge in [0.05, 0.1) is 5.56 Å². The third kappa shape index (κ3) is 2.90. The molecule has 4 nitrogen and oxygen atoms in total. The maximum absolute atomic E-state index is 12.7. The molecule has 2 heterocycles. The molecule has 1 saturated heterocycles. The van der Waals surface area contributed by atoms with Gasteiger partial charge in [-0.05, 0) is 44.2 Å². The number of carbonyl (C=O) groups excluding carboxylic acids is 1. The van der Waals surface area contributed by atoms with E-state index in [0.717, 1.165) is 36.4 Å². The number of carbonyl (C=O) groups is 1. The fraction of sp³-hybridized carbons (Fsp3) is 0.500. The topological polar surface area (TPSA) is 45.2 Å². The molecule has 0 aromatic carbocycles. The van der Waals surface area contributed by atoms with Gasteiger partial charge in [-0.25, -0.2) is 0 Å². The number of aromatic nitrogens is 1. The van der Waals surface area contributed by atoms with E-state index >= 15 is 0 Å². The SMILES string of the molecule is C/C=c1/c(C(=O)N2CCCC(NC)C2)cnc/c1=C/C. The minimum Gasteiger partial charge on any atom is -0.337 e. The Balaban J connectivity index is 2.35. The van der Waals surface area contributed by atoms with Crippen molar-refractivity contribution in [2.24, 2.45) is 0 Å². The molecule has 1 amide bonds. The van der Waals surface area contributed by atoms with Crippen molar-refractivity contribution in [3.8, 4) is 0 Å². The molecule has 20 heavy (non-hydrogen) atoms. The molecule has 1 aliphatic heterocycles. The summed E-state index contributed by atoms with van der Waals surface area (Å²) >= 11 is 0. The van der Waals surface area contributed by atoms with Crippen molar-refractivity contribution in [2.75, 3.05) is 20.1 Å². The molecule has 108 valence electrons. The van der Waals surface area contributed by atoms with Crippen LogP contribution in [0.25, 0.3) is 12.2 Å². The van der Waals surface area contributed by atoms with Crippen LogP contribution in [0.4, 0.5) is 0 Å². The highest BCUT2D eigenvalue weighted by Crippen LogP contribution is 2.11. The summed E-state index contributed by atoms with van der Waals surface area (Å²) in [6.07, 6.45) is 9.66. The van der Waals surface area contributed by atoms with Gasteiger partial charge in [-0.1, -0.05) is 12.2 Å². The van der Waals surface area contributed by atoms with Gasteiger partial charge in [-0.15, -0.1) is 0 Å². The third-order valence-corrected chi connectivity index (χ3v) is 3.97. The molecular formula is C16H23N3O. The summed E-state index contributed by atoms with van der Waals surface area (Å²) in [5.74, 6) is 0.0919. The van der Waals surface area contributed by atoms with Crippen LogP contribution in [0.15, 0.2) is 12.4 Å². The first kappa shape index (κ1) is 14.7. The lowest BCUT2D eigenvalue weighted by Crippen LogP contribution is -2.48. The summed E-state index contributed by atoms with van der Waals surface area (Å²) in [4.78, 5) is 18.9. The van der Waals surface area contributed by atoms with E-state index < -0.39 is 0 Å². The number of pyridine rings is 1. The second-order valence-corrected chi connectivity index (χ2v) is 5.15. The Kier molecular flexibility index (Phi) is 4.90. The van der Waals surface area contributed by atoms with Crippen molar-refractivity contribution in [1.29, 1.82) is 0 Å². The Morgan fingerprint density at radius 1 is 1.40 bits per heavy atom. The van der Waals surface area contributed by atoms with E-state index in [-0.39, 0.29) is 5.91 Å². The highest BCUT2D eigenvalue weighted by Gasteiger charge is 2.24. The van der Waals surface area contributed by atoms with E-state index in [1.54, 1.807) is 12.4 Å². The molecule has 1 atom stereocenters. The maximum atomic E-state index is 12.7. The second kappa shape index (κ2) is 6.66. The molecule has 2 rings (SSSR count). The number of nitrogens with zero attached hydrogens (tertiary/aromatic N) is 2. The molecule has 1 unspecified atom stereocenters. The van der Waals surface area contributed by atoms with Crippen LogP contribution >= 0.6 is 0 Å². The van der Waals surface area contributed by atoms with Crippen molar-refractivity contribution in [3.63, 3.8) is 0 Å². The molecule has 0 spiro atoms. The molecule has 1 aromatic rings. The number of rotatable bonds is 2. The first-order valence-corrected chi connectivity index (χ1v) is 7.24. The van der Waals surface area contributed by atoms with Crippen molar-refractivity contribution in [3.05, 3.63) is 28.4 Å². The first-order chi connectivity index (χ1) is 9.71. The summed E-state index contributed by atoms with van der Waals surface area (Å²) < 4.78 is 0. The minimum atomic E-state index is 0.0919. The monoisotopic (exact) mass is 273 g/mol. The summed E-state index contributed by atoms with van der Waals surface area (Å²) in [5.41, 5.74) is 0.708. The molecule has 1 fully saturated rings. The normalized spacial score (nSPS) is 21.4. The van der Waals surface area contributed by atoms with E-state index in [4.69, 9.17) is 0 Å². The zero-order valence-electron chi connectivity index (χ0n) is 12.5. The van der Waals surface area contributed by atoms with Crippen LogP contribution in [-0.2, 0) is 0 Å². The molecule has 1 aromatic heterocycles. The Morgan fingerprint density at radius 3 is 2.85 bits per heavy atom. The zero-order chi connectivity index (χ0) is 14.5. The number of piperidine rings is 1. The van der Waals surface area contributed by atoms with Crippen LogP contribution in [0.5, 0.6) is 0 Å². The molecular weight excluding hydrogens is 250 g/mol. The number of amides is 1. The van der Waals surface area contributed by atoms with E-state index in [0.29, 0.717) is 11.6 Å². The number of likely N-dealkylation sites (N-methyl/N-ethyl adjacent to an activating group) is 1. The van der Waals surface area contributed by atoms with Gasteiger partial charge in [0, 0.05) is 31.5 Å². The molecule has 0 bridgehead atoms. The minimum absolute atomic E-state index is 0.0919. The van der Waals surface area contributed by atoms with Gasteiger partial charge in [0.15, 0.2) is 0 Å². The van der Waals surface area contributed by atoms with E-state index in [1.165, 1.54) is 0 Å². The van der Waals surface area contributed by atoms with Gasteiger partial charge in [0.1, 0.15) is 0 Å². The van der Waals surface area contributed by atoms with Gasteiger partial charge in [-0.3, -0.25) is 9.78 Å². The fourth-order valence-electron chi connectivity index (χ4n) is 2.78. The molecule has 4 heteroatoms. The largest absolute Gasteiger partial charge is 0.337 e. The molecule has 1 aliphatic rings. The number of hydrogen-bond acceptors (Lipinski definition) is 3. The Hall–Kier alpha value is -1.68. The molecule has 0 saturated carbocycles. The zero-order valence-corrected chi connectivity index (χ0v) is 12.5. The van der Waals surface area contributed by atoms with Crippen molar-refractivity contribution in [2.45, 2.75) is 32.7 Å². The Morgan fingerprint density at radius 2 is 2.20 bits per heavy atom. The molecule has 0 radical (unpaired) electrons. The van der Waals surface area contributed by atoms with Crippen LogP contribution in [-0.4, -0.2) is 42.0 Å². The van der Waals surface area contributed by atoms with Gasteiger partial charge in [0.25, 0.3) is 5.91 Å². The summed E-state index contributed by atoms with van der Waals surface area (Å²) in [6.45, 7) is 5.54. The summed E-state index contributed by atoms with van der Waals surface area (Å²) in [5, 5.41) is 5.27. The van der Waals surface area contributed by atoms with Crippen molar-refractivity contribution < 1.29 is 4.79 Å². The lowest BCUT2D eigenvalue weighted by molar-refractivity contribution is 0.0696. The van der Waals surface area contributed by atoms with Gasteiger partial charge >= 0.3 is 0 Å². The molecule has 1 N–H and O–H groups in total. The molecule has 0 aliphatic carbocycles. The average Bonchev–Trinajstić information content (AvgIpc) is 2.53. The average molecular weight is 273 g/mol. The van der Waals surface area contributed by atoms with E-state index in [9.17, 15) is 4.79 Å². The van der Waals surface area contributed by atoms with E-state index in [2.05, 4.69) is 10.3 Å². The predicted octanol–water partition coefficient (Wildman–Crippen LogP) is 0.506. The second-order valence-electron chi connectivity index (χ2n) is 5.15. The van der Waals surface area contributed by atoms with Crippen LogP contribution in [0.2, 0.25) is 0 Å². The number of likely N-dealkylation sites (tertiary alicyclic amines) is 1. The van der Waals surface area contributed by atoms with E-state index in [1.807, 2.05) is 37.9 Å². The lowest BCUT2D eigenvalue weighted by atomic mass is 10.0. The smallest absolute Gasteiger partial charge is 0.256 e. The quantitative estimate of drug-likeness (QED) is 0.854. The van der Waals surface area contributed by atoms with Crippen LogP contribution in [0, 0.1) is 0 Å². The standard InChI is InChI=1S/C16H23N3O/c1-4-12-9-18-10-15(14(12)5-2)16(20)19-8-6-7-13(11-19)17-3/h4-5,9-10,13,17H,6-8,11H2,1-3H3/b12-4-,14-5+. The highest BCUT2D eigenvalue weighted by atomic mass is 16.2. The number of nitrogens with one attached hydrogen (secondary N) is 1. The van der Waals surface area contributed by atoms with Gasteiger partial charge in [-0.2, -0.15) is 0 Å². The fourth-order valence-corrected chi connectivity index (χ4v) is 2.78. The lowest BCUT2D eigenvalue weighted by Gasteiger charge is -2.32. The summed E-state index contributed by atoms with van der Waals surface area (Å²) in [6, 6.07) is 0.399. The Bertz CT molecular complexity index is 594. The summed E-state index contributed by atoms with van der Waals surface area (Å²) in [7, 11) is 1.96.